The quantitative estimate of drug-likeness (QED) is 0.698. The van der Waals surface area contributed by atoms with Crippen molar-refractivity contribution in [1.29, 1.82) is 0 Å². The van der Waals surface area contributed by atoms with Crippen LogP contribution in [0.4, 0.5) is 4.79 Å². The molecule has 5 heteroatoms. The fourth-order valence-electron chi connectivity index (χ4n) is 2.54. The average Bonchev–Trinajstić information content (AvgIpc) is 2.61. The smallest absolute Gasteiger partial charge is 0.329 e. The van der Waals surface area contributed by atoms with Gasteiger partial charge in [0.25, 0.3) is 0 Å². The van der Waals surface area contributed by atoms with Crippen molar-refractivity contribution in [2.45, 2.75) is 71.8 Å². The predicted molar refractivity (Wildman–Crippen MR) is 83.2 cm³/mol. The summed E-state index contributed by atoms with van der Waals surface area (Å²) in [7, 11) is 0. The molecule has 2 amide bonds. The summed E-state index contributed by atoms with van der Waals surface area (Å²) in [6, 6.07) is -0.365. The van der Waals surface area contributed by atoms with E-state index in [1.54, 1.807) is 0 Å². The second kappa shape index (κ2) is 7.14. The minimum absolute atomic E-state index is 0.111. The number of amides is 2. The molecule has 1 aliphatic rings. The number of hydrogen-bond acceptors (Lipinski definition) is 2. The van der Waals surface area contributed by atoms with E-state index in [0.717, 1.165) is 25.7 Å². The summed E-state index contributed by atoms with van der Waals surface area (Å²) in [5.41, 5.74) is -0.981. The van der Waals surface area contributed by atoms with E-state index in [1.165, 1.54) is 0 Å². The van der Waals surface area contributed by atoms with Crippen LogP contribution in [0.1, 0.15) is 66.2 Å². The topological polar surface area (TPSA) is 78.4 Å². The molecular formula is C16H30N2O3. The molecule has 0 radical (unpaired) electrons. The van der Waals surface area contributed by atoms with Crippen LogP contribution in [0.5, 0.6) is 0 Å². The standard InChI is InChI=1S/C16H30N2O3/c1-12(15(2,3)4)11-17-14(21)18-16(13(19)20)9-7-5-6-8-10-16/h12H,5-11H2,1-4H3,(H,19,20)(H2,17,18,21). The van der Waals surface area contributed by atoms with Crippen molar-refractivity contribution in [3.05, 3.63) is 0 Å². The van der Waals surface area contributed by atoms with Crippen molar-refractivity contribution < 1.29 is 14.7 Å². The molecule has 1 fully saturated rings. The third kappa shape index (κ3) is 5.21. The highest BCUT2D eigenvalue weighted by molar-refractivity contribution is 5.86. The Morgan fingerprint density at radius 3 is 2.10 bits per heavy atom. The van der Waals surface area contributed by atoms with Gasteiger partial charge in [0.15, 0.2) is 0 Å². The van der Waals surface area contributed by atoms with Gasteiger partial charge in [-0.15, -0.1) is 0 Å². The monoisotopic (exact) mass is 298 g/mol. The highest BCUT2D eigenvalue weighted by Crippen LogP contribution is 2.28. The number of carbonyl (C=O) groups excluding carboxylic acids is 1. The SMILES string of the molecule is CC(CNC(=O)NC1(C(=O)O)CCCCCC1)C(C)(C)C. The zero-order valence-corrected chi connectivity index (χ0v) is 13.8. The van der Waals surface area contributed by atoms with E-state index in [4.69, 9.17) is 0 Å². The molecule has 1 saturated carbocycles. The van der Waals surface area contributed by atoms with Crippen molar-refractivity contribution in [2.75, 3.05) is 6.54 Å². The lowest BCUT2D eigenvalue weighted by Gasteiger charge is -2.31. The fraction of sp³-hybridized carbons (Fsp3) is 0.875. The van der Waals surface area contributed by atoms with E-state index in [1.807, 2.05) is 0 Å². The van der Waals surface area contributed by atoms with Crippen molar-refractivity contribution >= 4 is 12.0 Å². The van der Waals surface area contributed by atoms with Gasteiger partial charge in [0, 0.05) is 6.54 Å². The average molecular weight is 298 g/mol. The molecule has 1 rings (SSSR count). The van der Waals surface area contributed by atoms with Gasteiger partial charge in [-0.3, -0.25) is 0 Å². The molecular weight excluding hydrogens is 268 g/mol. The Hall–Kier alpha value is -1.26. The number of carbonyl (C=O) groups is 2. The minimum Gasteiger partial charge on any atom is -0.480 e. The maximum Gasteiger partial charge on any atom is 0.329 e. The lowest BCUT2D eigenvalue weighted by molar-refractivity contribution is -0.145. The van der Waals surface area contributed by atoms with Crippen LogP contribution in [0.2, 0.25) is 0 Å². The second-order valence-corrected chi connectivity index (χ2v) is 7.40. The summed E-state index contributed by atoms with van der Waals surface area (Å²) in [5, 5.41) is 15.1. The zero-order valence-electron chi connectivity index (χ0n) is 13.8. The van der Waals surface area contributed by atoms with Gasteiger partial charge in [0.2, 0.25) is 0 Å². The van der Waals surface area contributed by atoms with Crippen LogP contribution >= 0.6 is 0 Å². The molecule has 1 unspecified atom stereocenters. The summed E-state index contributed by atoms with van der Waals surface area (Å²) in [5.74, 6) is -0.596. The first-order chi connectivity index (χ1) is 9.67. The molecule has 3 N–H and O–H groups in total. The largest absolute Gasteiger partial charge is 0.480 e. The van der Waals surface area contributed by atoms with Gasteiger partial charge in [0.1, 0.15) is 5.54 Å². The van der Waals surface area contributed by atoms with Crippen LogP contribution in [0.3, 0.4) is 0 Å². The third-order valence-electron chi connectivity index (χ3n) is 4.77. The normalized spacial score (nSPS) is 20.2. The van der Waals surface area contributed by atoms with Crippen molar-refractivity contribution in [3.63, 3.8) is 0 Å². The molecule has 122 valence electrons. The van der Waals surface area contributed by atoms with Crippen LogP contribution in [-0.2, 0) is 4.79 Å². The van der Waals surface area contributed by atoms with Crippen LogP contribution in [-0.4, -0.2) is 29.2 Å². The minimum atomic E-state index is -1.09. The second-order valence-electron chi connectivity index (χ2n) is 7.40. The van der Waals surface area contributed by atoms with Crippen LogP contribution in [0.25, 0.3) is 0 Å². The number of carboxylic acids is 1. The van der Waals surface area contributed by atoms with E-state index in [-0.39, 0.29) is 11.4 Å². The van der Waals surface area contributed by atoms with Gasteiger partial charge in [-0.1, -0.05) is 53.4 Å². The van der Waals surface area contributed by atoms with Crippen LogP contribution in [0.15, 0.2) is 0 Å². The van der Waals surface area contributed by atoms with E-state index in [2.05, 4.69) is 38.3 Å². The first kappa shape index (κ1) is 17.8. The maximum absolute atomic E-state index is 12.1. The molecule has 1 aliphatic carbocycles. The van der Waals surface area contributed by atoms with Gasteiger partial charge in [-0.2, -0.15) is 0 Å². The zero-order chi connectivity index (χ0) is 16.1. The molecule has 0 aromatic rings. The lowest BCUT2D eigenvalue weighted by Crippen LogP contribution is -2.57. The Morgan fingerprint density at radius 2 is 1.67 bits per heavy atom. The summed E-state index contributed by atoms with van der Waals surface area (Å²) < 4.78 is 0. The number of urea groups is 1. The summed E-state index contributed by atoms with van der Waals surface area (Å²) in [6.07, 6.45) is 4.82. The number of carboxylic acid groups (broad SMARTS) is 1. The molecule has 5 nitrogen and oxygen atoms in total. The fourth-order valence-corrected chi connectivity index (χ4v) is 2.54. The molecule has 1 atom stereocenters. The Bertz CT molecular complexity index is 366. The number of aliphatic carboxylic acids is 1. The molecule has 21 heavy (non-hydrogen) atoms. The van der Waals surface area contributed by atoms with Crippen molar-refractivity contribution in [1.82, 2.24) is 10.6 Å². The molecule has 0 saturated heterocycles. The van der Waals surface area contributed by atoms with Gasteiger partial charge in [-0.05, 0) is 24.2 Å². The van der Waals surface area contributed by atoms with Crippen LogP contribution < -0.4 is 10.6 Å². The van der Waals surface area contributed by atoms with Gasteiger partial charge < -0.3 is 15.7 Å². The highest BCUT2D eigenvalue weighted by Gasteiger charge is 2.40. The van der Waals surface area contributed by atoms with E-state index in [0.29, 0.717) is 25.3 Å². The number of hydrogen-bond donors (Lipinski definition) is 3. The molecule has 0 aromatic carbocycles. The Morgan fingerprint density at radius 1 is 1.14 bits per heavy atom. The molecule has 0 aromatic heterocycles. The summed E-state index contributed by atoms with van der Waals surface area (Å²) in [6.45, 7) is 9.01. The first-order valence-corrected chi connectivity index (χ1v) is 7.97. The third-order valence-corrected chi connectivity index (χ3v) is 4.77. The summed E-state index contributed by atoms with van der Waals surface area (Å²) >= 11 is 0. The highest BCUT2D eigenvalue weighted by atomic mass is 16.4. The Labute approximate surface area is 127 Å². The molecule has 0 aliphatic heterocycles. The predicted octanol–water partition coefficient (Wildman–Crippen LogP) is 3.15. The first-order valence-electron chi connectivity index (χ1n) is 7.97. The molecule has 0 bridgehead atoms. The summed E-state index contributed by atoms with van der Waals surface area (Å²) in [4.78, 5) is 23.7. The Kier molecular flexibility index (Phi) is 6.05. The van der Waals surface area contributed by atoms with Gasteiger partial charge in [-0.25, -0.2) is 9.59 Å². The maximum atomic E-state index is 12.1. The van der Waals surface area contributed by atoms with Crippen LogP contribution in [0, 0.1) is 11.3 Å². The molecule has 0 heterocycles. The lowest BCUT2D eigenvalue weighted by atomic mass is 9.82. The van der Waals surface area contributed by atoms with E-state index in [9.17, 15) is 14.7 Å². The Balaban J connectivity index is 2.59. The number of nitrogens with one attached hydrogen (secondary N) is 2. The van der Waals surface area contributed by atoms with Gasteiger partial charge in [0.05, 0.1) is 0 Å². The molecule has 0 spiro atoms. The van der Waals surface area contributed by atoms with Crippen molar-refractivity contribution in [3.8, 4) is 0 Å². The van der Waals surface area contributed by atoms with E-state index < -0.39 is 11.5 Å². The van der Waals surface area contributed by atoms with Gasteiger partial charge >= 0.3 is 12.0 Å². The number of rotatable bonds is 4. The van der Waals surface area contributed by atoms with Crippen molar-refractivity contribution in [2.24, 2.45) is 11.3 Å². The van der Waals surface area contributed by atoms with E-state index >= 15 is 0 Å².